The predicted molar refractivity (Wildman–Crippen MR) is 124 cm³/mol. The second kappa shape index (κ2) is 8.46. The molecule has 0 atom stereocenters. The molecule has 0 fully saturated rings. The minimum Gasteiger partial charge on any atom is -0.487 e. The molecule has 0 aliphatic rings. The zero-order chi connectivity index (χ0) is 21.0. The third-order valence-corrected chi connectivity index (χ3v) is 5.01. The zero-order valence-corrected chi connectivity index (χ0v) is 17.6. The topological polar surface area (TPSA) is 53.2 Å². The maximum Gasteiger partial charge on any atom is 0.146 e. The summed E-state index contributed by atoms with van der Waals surface area (Å²) in [6, 6.07) is 24.6. The largest absolute Gasteiger partial charge is 0.487 e. The van der Waals surface area contributed by atoms with E-state index in [4.69, 9.17) is 4.74 Å². The number of rotatable bonds is 6. The van der Waals surface area contributed by atoms with Crippen LogP contribution in [0, 0.1) is 0 Å². The van der Waals surface area contributed by atoms with Crippen molar-refractivity contribution in [3.63, 3.8) is 0 Å². The van der Waals surface area contributed by atoms with E-state index in [0.717, 1.165) is 34.1 Å². The Balaban J connectivity index is 1.58. The molecule has 2 aromatic heterocycles. The van der Waals surface area contributed by atoms with Crippen molar-refractivity contribution in [2.75, 3.05) is 0 Å². The molecule has 0 saturated heterocycles. The molecule has 0 aliphatic heterocycles. The summed E-state index contributed by atoms with van der Waals surface area (Å²) in [6.07, 6.45) is 3.74. The molecule has 2 heterocycles. The molecule has 2 N–H and O–H groups in total. The van der Waals surface area contributed by atoms with Gasteiger partial charge in [-0.15, -0.1) is 0 Å². The molecule has 4 nitrogen and oxygen atoms in total. The average Bonchev–Trinajstić information content (AvgIpc) is 3.41. The van der Waals surface area contributed by atoms with Crippen molar-refractivity contribution in [3.05, 3.63) is 95.8 Å². The minimum atomic E-state index is 0.130. The lowest BCUT2D eigenvalue weighted by Gasteiger charge is -2.18. The predicted octanol–water partition coefficient (Wildman–Crippen LogP) is 6.64. The highest BCUT2D eigenvalue weighted by molar-refractivity contribution is 5.85. The van der Waals surface area contributed by atoms with Crippen LogP contribution in [-0.2, 0) is 12.0 Å². The number of H-pyrrole nitrogens is 2. The maximum atomic E-state index is 6.12. The van der Waals surface area contributed by atoms with Gasteiger partial charge in [0.1, 0.15) is 12.4 Å². The summed E-state index contributed by atoms with van der Waals surface area (Å²) in [5, 5.41) is 0. The van der Waals surface area contributed by atoms with Crippen LogP contribution in [0.2, 0.25) is 0 Å². The minimum absolute atomic E-state index is 0.130. The Kier molecular flexibility index (Phi) is 5.57. The summed E-state index contributed by atoms with van der Waals surface area (Å²) < 4.78 is 6.12. The van der Waals surface area contributed by atoms with Gasteiger partial charge in [0.2, 0.25) is 0 Å². The summed E-state index contributed by atoms with van der Waals surface area (Å²) in [6.45, 7) is 7.14. The Morgan fingerprint density at radius 3 is 2.33 bits per heavy atom. The van der Waals surface area contributed by atoms with E-state index in [-0.39, 0.29) is 5.41 Å². The van der Waals surface area contributed by atoms with E-state index in [9.17, 15) is 0 Å². The number of aromatic nitrogens is 2. The molecule has 0 radical (unpaired) electrons. The molecular weight excluding hydrogens is 370 g/mol. The molecule has 2 aromatic carbocycles. The number of hydrogen-bond acceptors (Lipinski definition) is 2. The highest BCUT2D eigenvalue weighted by Crippen LogP contribution is 2.28. The van der Waals surface area contributed by atoms with Crippen LogP contribution in [0.5, 0.6) is 5.75 Å². The number of nitrogens with one attached hydrogen (secondary N) is 2. The van der Waals surface area contributed by atoms with Crippen LogP contribution < -0.4 is 4.74 Å². The fraction of sp³-hybridized carbons (Fsp3) is 0.192. The molecule has 4 rings (SSSR count). The van der Waals surface area contributed by atoms with E-state index in [0.29, 0.717) is 6.61 Å². The Morgan fingerprint density at radius 1 is 0.900 bits per heavy atom. The number of ether oxygens (including phenoxy) is 1. The molecular formula is C26H27N3O. The van der Waals surface area contributed by atoms with E-state index in [1.165, 1.54) is 5.56 Å². The third-order valence-electron chi connectivity index (χ3n) is 5.01. The number of nitrogens with zero attached hydrogens (tertiary/aromatic N) is 1. The van der Waals surface area contributed by atoms with Gasteiger partial charge in [-0.25, -0.2) is 0 Å². The van der Waals surface area contributed by atoms with Crippen molar-refractivity contribution in [1.29, 1.82) is 0 Å². The second-order valence-electron chi connectivity index (χ2n) is 8.37. The smallest absolute Gasteiger partial charge is 0.146 e. The molecule has 0 unspecified atom stereocenters. The van der Waals surface area contributed by atoms with Crippen molar-refractivity contribution in [2.24, 2.45) is 4.99 Å². The molecule has 4 aromatic rings. The van der Waals surface area contributed by atoms with Crippen LogP contribution in [-0.4, -0.2) is 16.2 Å². The quantitative estimate of drug-likeness (QED) is 0.352. The van der Waals surface area contributed by atoms with E-state index in [2.05, 4.69) is 72.1 Å². The van der Waals surface area contributed by atoms with Gasteiger partial charge < -0.3 is 14.7 Å². The van der Waals surface area contributed by atoms with E-state index < -0.39 is 0 Å². The molecule has 152 valence electrons. The van der Waals surface area contributed by atoms with Crippen LogP contribution in [0.1, 0.15) is 37.6 Å². The second-order valence-corrected chi connectivity index (χ2v) is 8.37. The summed E-state index contributed by atoms with van der Waals surface area (Å²) in [5.74, 6) is 0.776. The van der Waals surface area contributed by atoms with Gasteiger partial charge in [0.25, 0.3) is 0 Å². The number of hydrogen-bond donors (Lipinski definition) is 2. The lowest BCUT2D eigenvalue weighted by atomic mass is 9.87. The molecule has 30 heavy (non-hydrogen) atoms. The Morgan fingerprint density at radius 2 is 1.67 bits per heavy atom. The van der Waals surface area contributed by atoms with E-state index in [1.807, 2.05) is 48.8 Å². The van der Waals surface area contributed by atoms with Gasteiger partial charge in [-0.2, -0.15) is 0 Å². The number of aromatic amines is 2. The van der Waals surface area contributed by atoms with Gasteiger partial charge in [0.15, 0.2) is 0 Å². The molecule has 0 saturated carbocycles. The highest BCUT2D eigenvalue weighted by Gasteiger charge is 2.13. The van der Waals surface area contributed by atoms with Crippen LogP contribution in [0.15, 0.2) is 84.0 Å². The first-order valence-corrected chi connectivity index (χ1v) is 10.2. The summed E-state index contributed by atoms with van der Waals surface area (Å²) in [7, 11) is 0. The van der Waals surface area contributed by atoms with Gasteiger partial charge in [-0.3, -0.25) is 4.99 Å². The van der Waals surface area contributed by atoms with E-state index >= 15 is 0 Å². The third kappa shape index (κ3) is 4.71. The zero-order valence-electron chi connectivity index (χ0n) is 17.6. The standard InChI is InChI=1S/C26H27N3O/c1-26(2,3)20-11-13-21(14-12-20)28-17-24-25(30-18-19-8-5-4-6-9-19)16-23(29-24)22-10-7-15-27-22/h4-17,27,29H,18H2,1-3H3. The summed E-state index contributed by atoms with van der Waals surface area (Å²) >= 11 is 0. The van der Waals surface area contributed by atoms with Crippen molar-refractivity contribution in [1.82, 2.24) is 9.97 Å². The van der Waals surface area contributed by atoms with Crippen LogP contribution >= 0.6 is 0 Å². The SMILES string of the molecule is CC(C)(C)c1ccc(N=Cc2[nH]c(-c3ccc[nH]3)cc2OCc2ccccc2)cc1. The normalized spacial score (nSPS) is 11.8. The van der Waals surface area contributed by atoms with Gasteiger partial charge in [-0.1, -0.05) is 63.2 Å². The van der Waals surface area contributed by atoms with Crippen molar-refractivity contribution in [2.45, 2.75) is 32.8 Å². The Labute approximate surface area is 177 Å². The van der Waals surface area contributed by atoms with Crippen molar-refractivity contribution >= 4 is 11.9 Å². The molecule has 4 heteroatoms. The summed E-state index contributed by atoms with van der Waals surface area (Å²) in [5.41, 5.74) is 6.28. The lowest BCUT2D eigenvalue weighted by molar-refractivity contribution is 0.306. The highest BCUT2D eigenvalue weighted by atomic mass is 16.5. The molecule has 0 aliphatic carbocycles. The molecule has 0 spiro atoms. The van der Waals surface area contributed by atoms with Crippen molar-refractivity contribution < 1.29 is 4.74 Å². The van der Waals surface area contributed by atoms with Crippen LogP contribution in [0.4, 0.5) is 5.69 Å². The first kappa shape index (κ1) is 19.8. The number of aliphatic imine (C=N–C) groups is 1. The van der Waals surface area contributed by atoms with Crippen LogP contribution in [0.3, 0.4) is 0 Å². The first-order valence-electron chi connectivity index (χ1n) is 10.2. The monoisotopic (exact) mass is 397 g/mol. The Bertz CT molecular complexity index is 1100. The molecule has 0 bridgehead atoms. The van der Waals surface area contributed by atoms with Gasteiger partial charge in [0, 0.05) is 12.3 Å². The van der Waals surface area contributed by atoms with Gasteiger partial charge in [0.05, 0.1) is 29.0 Å². The number of benzene rings is 2. The van der Waals surface area contributed by atoms with Gasteiger partial charge in [-0.05, 0) is 40.8 Å². The summed E-state index contributed by atoms with van der Waals surface area (Å²) in [4.78, 5) is 11.3. The average molecular weight is 398 g/mol. The molecule has 0 amide bonds. The maximum absolute atomic E-state index is 6.12. The van der Waals surface area contributed by atoms with E-state index in [1.54, 1.807) is 0 Å². The fourth-order valence-corrected chi connectivity index (χ4v) is 3.23. The first-order chi connectivity index (χ1) is 14.5. The van der Waals surface area contributed by atoms with Crippen molar-refractivity contribution in [3.8, 4) is 17.1 Å². The fourth-order valence-electron chi connectivity index (χ4n) is 3.23. The van der Waals surface area contributed by atoms with Crippen LogP contribution in [0.25, 0.3) is 11.4 Å². The lowest BCUT2D eigenvalue weighted by Crippen LogP contribution is -2.10. The van der Waals surface area contributed by atoms with Gasteiger partial charge >= 0.3 is 0 Å². The Hall–Kier alpha value is -3.53.